The Morgan fingerprint density at radius 3 is 1.05 bits per heavy atom. The molecule has 6 rings (SSSR count). The van der Waals surface area contributed by atoms with Gasteiger partial charge in [-0.2, -0.15) is 0 Å². The van der Waals surface area contributed by atoms with Crippen molar-refractivity contribution in [2.75, 3.05) is 42.7 Å². The zero-order valence-corrected chi connectivity index (χ0v) is 21.7. The van der Waals surface area contributed by atoms with Gasteiger partial charge in [-0.25, -0.2) is 0 Å². The number of ketones is 2. The highest BCUT2D eigenvalue weighted by Gasteiger charge is 2.35. The maximum absolute atomic E-state index is 13.9. The zero-order chi connectivity index (χ0) is 26.9. The number of carbonyl (C=O) groups is 2. The average Bonchev–Trinajstić information content (AvgIpc) is 2.95. The Morgan fingerprint density at radius 1 is 0.447 bits per heavy atom. The number of fused-ring (bicyclic) bond motifs is 6. The highest BCUT2D eigenvalue weighted by Crippen LogP contribution is 2.50. The summed E-state index contributed by atoms with van der Waals surface area (Å²) in [5, 5.41) is 4.02. The Bertz CT molecular complexity index is 1680. The summed E-state index contributed by atoms with van der Waals surface area (Å²) >= 11 is 0. The van der Waals surface area contributed by atoms with E-state index in [0.717, 1.165) is 11.1 Å². The molecule has 4 aromatic rings. The van der Waals surface area contributed by atoms with Crippen molar-refractivity contribution >= 4 is 56.0 Å². The summed E-state index contributed by atoms with van der Waals surface area (Å²) in [6.07, 6.45) is 3.44. The van der Waals surface area contributed by atoms with Crippen LogP contribution in [0.1, 0.15) is 31.8 Å². The molecule has 0 radical (unpaired) electrons. The Balaban J connectivity index is 1.98. The fraction of sp³-hybridized carbons (Fsp3) is 0.200. The third-order valence-corrected chi connectivity index (χ3v) is 7.35. The van der Waals surface area contributed by atoms with Crippen molar-refractivity contribution in [2.45, 2.75) is 0 Å². The summed E-state index contributed by atoms with van der Waals surface area (Å²) in [5.41, 5.74) is 2.33. The van der Waals surface area contributed by atoms with Crippen molar-refractivity contribution in [1.29, 1.82) is 0 Å². The number of carbonyl (C=O) groups excluding carboxylic acids is 2. The molecule has 38 heavy (non-hydrogen) atoms. The van der Waals surface area contributed by atoms with Gasteiger partial charge in [0.1, 0.15) is 0 Å². The molecule has 0 N–H and O–H groups in total. The Hall–Kier alpha value is -4.72. The minimum atomic E-state index is -0.288. The minimum Gasteiger partial charge on any atom is -0.493 e. The normalized spacial score (nSPS) is 13.9. The van der Waals surface area contributed by atoms with Crippen LogP contribution in [0.3, 0.4) is 0 Å². The van der Waals surface area contributed by atoms with Crippen LogP contribution in [-0.4, -0.2) is 54.2 Å². The molecule has 2 aliphatic carbocycles. The maximum Gasteiger partial charge on any atom is 0.228 e. The minimum absolute atomic E-state index is 0.183. The van der Waals surface area contributed by atoms with Crippen LogP contribution in [0.25, 0.3) is 44.5 Å². The van der Waals surface area contributed by atoms with Crippen LogP contribution in [0, 0.1) is 0 Å². The monoisotopic (exact) mass is 512 g/mol. The van der Waals surface area contributed by atoms with E-state index in [2.05, 4.69) is 0 Å². The van der Waals surface area contributed by atoms with Gasteiger partial charge in [0.2, 0.25) is 11.6 Å². The topological polar surface area (TPSA) is 89.5 Å². The molecule has 0 fully saturated rings. The molecule has 2 aliphatic rings. The first-order valence-electron chi connectivity index (χ1n) is 11.8. The van der Waals surface area contributed by atoms with Crippen LogP contribution in [0.5, 0.6) is 23.0 Å². The van der Waals surface area contributed by atoms with Gasteiger partial charge in [-0.15, -0.1) is 0 Å². The van der Waals surface area contributed by atoms with Gasteiger partial charge in [0, 0.05) is 21.9 Å². The summed E-state index contributed by atoms with van der Waals surface area (Å²) in [4.78, 5) is 27.7. The van der Waals surface area contributed by atoms with Gasteiger partial charge < -0.3 is 28.4 Å². The number of methoxy groups -OCH3 is 6. The van der Waals surface area contributed by atoms with E-state index in [1.54, 1.807) is 52.7 Å². The van der Waals surface area contributed by atoms with Crippen molar-refractivity contribution in [3.05, 3.63) is 58.0 Å². The highest BCUT2D eigenvalue weighted by molar-refractivity contribution is 6.39. The number of hydrogen-bond donors (Lipinski definition) is 0. The molecule has 0 amide bonds. The smallest absolute Gasteiger partial charge is 0.228 e. The Kier molecular flexibility index (Phi) is 5.24. The number of Topliss-reactive ketones (excluding diaryl/α,β-unsaturated/α-hetero) is 2. The third-order valence-electron chi connectivity index (χ3n) is 7.35. The first kappa shape index (κ1) is 23.7. The lowest BCUT2D eigenvalue weighted by Crippen LogP contribution is -2.17. The number of benzene rings is 4. The molecule has 0 spiro atoms. The number of rotatable bonds is 6. The molecule has 0 aliphatic heterocycles. The summed E-state index contributed by atoms with van der Waals surface area (Å²) in [5.74, 6) is 1.72. The van der Waals surface area contributed by atoms with Gasteiger partial charge in [0.15, 0.2) is 34.5 Å². The quantitative estimate of drug-likeness (QED) is 0.311. The first-order chi connectivity index (χ1) is 18.4. The van der Waals surface area contributed by atoms with Crippen LogP contribution in [-0.2, 0) is 9.47 Å². The van der Waals surface area contributed by atoms with E-state index < -0.39 is 0 Å². The van der Waals surface area contributed by atoms with Gasteiger partial charge in [-0.1, -0.05) is 0 Å². The zero-order valence-electron chi connectivity index (χ0n) is 21.7. The largest absolute Gasteiger partial charge is 0.493 e. The molecule has 192 valence electrons. The molecule has 0 bridgehead atoms. The van der Waals surface area contributed by atoms with Gasteiger partial charge in [-0.3, -0.25) is 9.59 Å². The fourth-order valence-corrected chi connectivity index (χ4v) is 5.66. The predicted molar refractivity (Wildman–Crippen MR) is 144 cm³/mol. The second-order valence-electron chi connectivity index (χ2n) is 8.92. The average molecular weight is 513 g/mol. The molecular weight excluding hydrogens is 488 g/mol. The third kappa shape index (κ3) is 2.91. The molecule has 0 heterocycles. The molecule has 4 aromatic carbocycles. The highest BCUT2D eigenvalue weighted by atomic mass is 16.5. The molecule has 0 unspecified atom stereocenters. The molecule has 8 heteroatoms. The van der Waals surface area contributed by atoms with Crippen LogP contribution >= 0.6 is 0 Å². The predicted octanol–water partition coefficient (Wildman–Crippen LogP) is 5.55. The van der Waals surface area contributed by atoms with E-state index in [4.69, 9.17) is 28.4 Å². The lowest BCUT2D eigenvalue weighted by molar-refractivity contribution is 0.0951. The van der Waals surface area contributed by atoms with Gasteiger partial charge in [0.05, 0.1) is 42.7 Å². The molecule has 0 saturated carbocycles. The Morgan fingerprint density at radius 2 is 0.763 bits per heavy atom. The van der Waals surface area contributed by atoms with Gasteiger partial charge >= 0.3 is 0 Å². The maximum atomic E-state index is 13.9. The molecule has 0 saturated heterocycles. The lowest BCUT2D eigenvalue weighted by Gasteiger charge is -2.27. The summed E-state index contributed by atoms with van der Waals surface area (Å²) in [6.45, 7) is 0. The molecule has 8 nitrogen and oxygen atoms in total. The SMILES string of the molecule is COC1=Cc2c3cc(OC)c(OC)cc3c3c4c(c5cc(OC)c(OC)cc5c(c24)C1=O)C=C(OC)C3=O. The fourth-order valence-electron chi connectivity index (χ4n) is 5.66. The van der Waals surface area contributed by atoms with E-state index >= 15 is 0 Å². The van der Waals surface area contributed by atoms with Crippen molar-refractivity contribution in [3.8, 4) is 23.0 Å². The molecular formula is C30H24O8. The van der Waals surface area contributed by atoms with Gasteiger partial charge in [-0.05, 0) is 69.1 Å². The molecule has 0 aromatic heterocycles. The van der Waals surface area contributed by atoms with Crippen LogP contribution in [0.4, 0.5) is 0 Å². The van der Waals surface area contributed by atoms with Crippen molar-refractivity contribution < 1.29 is 38.0 Å². The summed E-state index contributed by atoms with van der Waals surface area (Å²) in [7, 11) is 9.11. The number of hydrogen-bond acceptors (Lipinski definition) is 8. The second-order valence-corrected chi connectivity index (χ2v) is 8.92. The second kappa shape index (κ2) is 8.41. The number of ether oxygens (including phenoxy) is 6. The first-order valence-corrected chi connectivity index (χ1v) is 11.8. The molecule has 0 atom stereocenters. The van der Waals surface area contributed by atoms with Crippen LogP contribution in [0.2, 0.25) is 0 Å². The Labute approximate surface area is 217 Å². The van der Waals surface area contributed by atoms with Gasteiger partial charge in [0.25, 0.3) is 0 Å². The summed E-state index contributed by atoms with van der Waals surface area (Å²) in [6, 6.07) is 7.21. The van der Waals surface area contributed by atoms with Crippen molar-refractivity contribution in [3.63, 3.8) is 0 Å². The van der Waals surface area contributed by atoms with E-state index in [1.807, 2.05) is 12.1 Å². The lowest BCUT2D eigenvalue weighted by atomic mass is 9.77. The van der Waals surface area contributed by atoms with Crippen molar-refractivity contribution in [2.24, 2.45) is 0 Å². The van der Waals surface area contributed by atoms with Crippen molar-refractivity contribution in [1.82, 2.24) is 0 Å². The standard InChI is InChI=1S/C30H24O8/c1-33-19-7-13-15-11-23(37-5)30(32)28-18-10-22(36-4)20(34-2)8-14(18)16-12-24(38-6)29(31)27(26(16)25(15)28)17(13)9-21(19)35-3/h7-12H,1-6H3. The van der Waals surface area contributed by atoms with E-state index in [9.17, 15) is 9.59 Å². The van der Waals surface area contributed by atoms with E-state index in [0.29, 0.717) is 66.4 Å². The van der Waals surface area contributed by atoms with E-state index in [1.165, 1.54) is 14.2 Å². The van der Waals surface area contributed by atoms with Crippen LogP contribution in [0.15, 0.2) is 35.8 Å². The van der Waals surface area contributed by atoms with Crippen LogP contribution < -0.4 is 18.9 Å². The summed E-state index contributed by atoms with van der Waals surface area (Å²) < 4.78 is 33.4. The van der Waals surface area contributed by atoms with E-state index in [-0.39, 0.29) is 23.1 Å². The number of allylic oxidation sites excluding steroid dienone is 2.